The van der Waals surface area contributed by atoms with Crippen molar-refractivity contribution in [3.05, 3.63) is 28.2 Å². The van der Waals surface area contributed by atoms with Gasteiger partial charge in [-0.15, -0.1) is 0 Å². The van der Waals surface area contributed by atoms with E-state index in [-0.39, 0.29) is 0 Å². The Hall–Kier alpha value is -0.540. The van der Waals surface area contributed by atoms with Gasteiger partial charge in [-0.1, -0.05) is 19.9 Å². The quantitative estimate of drug-likeness (QED) is 0.843. The maximum absolute atomic E-state index is 3.72. The Labute approximate surface area is 125 Å². The number of nitrogens with zero attached hydrogens (tertiary/aromatic N) is 1. The van der Waals surface area contributed by atoms with Crippen LogP contribution in [0.5, 0.6) is 0 Å². The predicted octanol–water partition coefficient (Wildman–Crippen LogP) is 4.21. The number of hydrogen-bond acceptors (Lipinski definition) is 2. The van der Waals surface area contributed by atoms with Crippen LogP contribution in [0.2, 0.25) is 0 Å². The number of rotatable bonds is 6. The minimum Gasteiger partial charge on any atom is -0.373 e. The van der Waals surface area contributed by atoms with Crippen LogP contribution in [0.1, 0.15) is 38.8 Å². The van der Waals surface area contributed by atoms with Crippen LogP contribution >= 0.6 is 15.9 Å². The molecule has 1 aromatic carbocycles. The van der Waals surface area contributed by atoms with Crippen LogP contribution in [0, 0.1) is 11.8 Å². The van der Waals surface area contributed by atoms with Gasteiger partial charge in [-0.3, -0.25) is 0 Å². The van der Waals surface area contributed by atoms with Gasteiger partial charge in [0, 0.05) is 24.1 Å². The van der Waals surface area contributed by atoms with E-state index < -0.39 is 0 Å². The first kappa shape index (κ1) is 14.9. The van der Waals surface area contributed by atoms with E-state index in [4.69, 9.17) is 0 Å². The Morgan fingerprint density at radius 1 is 1.47 bits per heavy atom. The van der Waals surface area contributed by atoms with Crippen molar-refractivity contribution in [1.82, 2.24) is 5.32 Å². The summed E-state index contributed by atoms with van der Waals surface area (Å²) in [7, 11) is 2.19. The smallest absolute Gasteiger partial charge is 0.0508 e. The Bertz CT molecular complexity index is 433. The third-order valence-electron chi connectivity index (χ3n) is 4.18. The Morgan fingerprint density at radius 3 is 2.68 bits per heavy atom. The molecule has 19 heavy (non-hydrogen) atoms. The van der Waals surface area contributed by atoms with Crippen LogP contribution in [0.25, 0.3) is 0 Å². The highest BCUT2D eigenvalue weighted by molar-refractivity contribution is 9.10. The Kier molecular flexibility index (Phi) is 4.91. The van der Waals surface area contributed by atoms with Crippen LogP contribution in [0.3, 0.4) is 0 Å². The van der Waals surface area contributed by atoms with Gasteiger partial charge in [0.2, 0.25) is 0 Å². The van der Waals surface area contributed by atoms with Crippen molar-refractivity contribution in [2.75, 3.05) is 25.0 Å². The predicted molar refractivity (Wildman–Crippen MR) is 86.8 cm³/mol. The van der Waals surface area contributed by atoms with E-state index in [2.05, 4.69) is 72.2 Å². The highest BCUT2D eigenvalue weighted by Gasteiger charge is 2.33. The first-order chi connectivity index (χ1) is 9.02. The molecule has 0 saturated heterocycles. The third kappa shape index (κ3) is 3.73. The van der Waals surface area contributed by atoms with E-state index in [1.54, 1.807) is 0 Å². The van der Waals surface area contributed by atoms with E-state index in [9.17, 15) is 0 Å². The van der Waals surface area contributed by atoms with Crippen molar-refractivity contribution in [2.45, 2.75) is 33.2 Å². The van der Waals surface area contributed by atoms with Gasteiger partial charge < -0.3 is 10.2 Å². The zero-order chi connectivity index (χ0) is 14.0. The average Bonchev–Trinajstić information content (AvgIpc) is 3.04. The molecule has 1 aromatic rings. The van der Waals surface area contributed by atoms with E-state index in [0.717, 1.165) is 18.4 Å². The molecule has 1 saturated carbocycles. The summed E-state index contributed by atoms with van der Waals surface area (Å²) in [5, 5.41) is 3.45. The number of hydrogen-bond donors (Lipinski definition) is 1. The minimum absolute atomic E-state index is 0.407. The van der Waals surface area contributed by atoms with Gasteiger partial charge in [-0.05, 0) is 65.4 Å². The summed E-state index contributed by atoms with van der Waals surface area (Å²) < 4.78 is 1.20. The number of benzene rings is 1. The van der Waals surface area contributed by atoms with Crippen molar-refractivity contribution >= 4 is 21.6 Å². The number of halogens is 1. The highest BCUT2D eigenvalue weighted by atomic mass is 79.9. The second-order valence-electron chi connectivity index (χ2n) is 5.84. The van der Waals surface area contributed by atoms with Crippen molar-refractivity contribution in [3.8, 4) is 0 Å². The number of nitrogens with one attached hydrogen (secondary N) is 1. The SMILES string of the molecule is CCNC(C)c1ccc(N(C)CC2CC2C)c(Br)c1. The molecule has 0 aliphatic heterocycles. The second-order valence-corrected chi connectivity index (χ2v) is 6.70. The molecule has 2 nitrogen and oxygen atoms in total. The van der Waals surface area contributed by atoms with E-state index in [0.29, 0.717) is 6.04 Å². The van der Waals surface area contributed by atoms with Gasteiger partial charge >= 0.3 is 0 Å². The van der Waals surface area contributed by atoms with Crippen molar-refractivity contribution in [1.29, 1.82) is 0 Å². The Balaban J connectivity index is 2.05. The average molecular weight is 325 g/mol. The fraction of sp³-hybridized carbons (Fsp3) is 0.625. The van der Waals surface area contributed by atoms with Crippen molar-refractivity contribution < 1.29 is 0 Å². The molecule has 0 spiro atoms. The summed E-state index contributed by atoms with van der Waals surface area (Å²) in [6.07, 6.45) is 1.39. The Morgan fingerprint density at radius 2 is 2.16 bits per heavy atom. The molecule has 3 unspecified atom stereocenters. The second kappa shape index (κ2) is 6.27. The summed E-state index contributed by atoms with van der Waals surface area (Å²) in [4.78, 5) is 2.37. The van der Waals surface area contributed by atoms with E-state index in [1.165, 1.54) is 28.7 Å². The third-order valence-corrected chi connectivity index (χ3v) is 4.81. The van der Waals surface area contributed by atoms with Crippen molar-refractivity contribution in [2.24, 2.45) is 11.8 Å². The van der Waals surface area contributed by atoms with Crippen LogP contribution in [0.4, 0.5) is 5.69 Å². The number of anilines is 1. The maximum atomic E-state index is 3.72. The fourth-order valence-corrected chi connectivity index (χ4v) is 3.33. The van der Waals surface area contributed by atoms with Gasteiger partial charge in [0.25, 0.3) is 0 Å². The fourth-order valence-electron chi connectivity index (χ4n) is 2.63. The van der Waals surface area contributed by atoms with E-state index in [1.807, 2.05) is 0 Å². The lowest BCUT2D eigenvalue weighted by atomic mass is 10.1. The van der Waals surface area contributed by atoms with E-state index >= 15 is 0 Å². The molecular formula is C16H25BrN2. The molecule has 0 bridgehead atoms. The zero-order valence-electron chi connectivity index (χ0n) is 12.4. The summed E-state index contributed by atoms with van der Waals surface area (Å²) >= 11 is 3.72. The molecule has 0 aromatic heterocycles. The standard InChI is InChI=1S/C16H25BrN2/c1-5-18-12(3)13-6-7-16(15(17)9-13)19(4)10-14-8-11(14)2/h6-7,9,11-12,14,18H,5,8,10H2,1-4H3. The molecule has 1 aliphatic rings. The maximum Gasteiger partial charge on any atom is 0.0508 e. The van der Waals surface area contributed by atoms with Gasteiger partial charge in [-0.2, -0.15) is 0 Å². The largest absolute Gasteiger partial charge is 0.373 e. The normalized spacial score (nSPS) is 23.2. The lowest BCUT2D eigenvalue weighted by Gasteiger charge is -2.22. The highest BCUT2D eigenvalue weighted by Crippen LogP contribution is 2.39. The van der Waals surface area contributed by atoms with Crippen LogP contribution in [-0.2, 0) is 0 Å². The summed E-state index contributed by atoms with van der Waals surface area (Å²) in [6.45, 7) is 8.86. The molecule has 1 aliphatic carbocycles. The van der Waals surface area contributed by atoms with Gasteiger partial charge in [0.1, 0.15) is 0 Å². The molecule has 0 radical (unpaired) electrons. The molecule has 1 N–H and O–H groups in total. The lowest BCUT2D eigenvalue weighted by Crippen LogP contribution is -2.21. The molecule has 3 atom stereocenters. The molecule has 3 heteroatoms. The first-order valence-electron chi connectivity index (χ1n) is 7.26. The van der Waals surface area contributed by atoms with Gasteiger partial charge in [-0.25, -0.2) is 0 Å². The molecule has 1 fully saturated rings. The van der Waals surface area contributed by atoms with Gasteiger partial charge in [0.05, 0.1) is 5.69 Å². The molecule has 0 amide bonds. The lowest BCUT2D eigenvalue weighted by molar-refractivity contribution is 0.598. The molecule has 2 rings (SSSR count). The monoisotopic (exact) mass is 324 g/mol. The molecule has 0 heterocycles. The van der Waals surface area contributed by atoms with Gasteiger partial charge in [0.15, 0.2) is 0 Å². The van der Waals surface area contributed by atoms with Crippen LogP contribution in [0.15, 0.2) is 22.7 Å². The first-order valence-corrected chi connectivity index (χ1v) is 8.06. The van der Waals surface area contributed by atoms with Crippen molar-refractivity contribution in [3.63, 3.8) is 0 Å². The molecule has 106 valence electrons. The summed E-state index contributed by atoms with van der Waals surface area (Å²) in [6, 6.07) is 7.12. The topological polar surface area (TPSA) is 15.3 Å². The van der Waals surface area contributed by atoms with Crippen LogP contribution < -0.4 is 10.2 Å². The minimum atomic E-state index is 0.407. The molecular weight excluding hydrogens is 300 g/mol. The zero-order valence-corrected chi connectivity index (χ0v) is 14.0. The summed E-state index contributed by atoms with van der Waals surface area (Å²) in [5.74, 6) is 1.80. The van der Waals surface area contributed by atoms with Crippen LogP contribution in [-0.4, -0.2) is 20.1 Å². The summed E-state index contributed by atoms with van der Waals surface area (Å²) in [5.41, 5.74) is 2.64.